The Bertz CT molecular complexity index is 710. The van der Waals surface area contributed by atoms with Gasteiger partial charge in [0.15, 0.2) is 0 Å². The molecule has 7 heteroatoms. The molecule has 7 nitrogen and oxygen atoms in total. The van der Waals surface area contributed by atoms with Crippen LogP contribution in [0, 0.1) is 5.41 Å². The maximum atomic E-state index is 12.5. The summed E-state index contributed by atoms with van der Waals surface area (Å²) in [4.78, 5) is 25.9. The molecule has 1 heterocycles. The highest BCUT2D eigenvalue weighted by Gasteiger charge is 2.48. The summed E-state index contributed by atoms with van der Waals surface area (Å²) < 4.78 is 4.74. The van der Waals surface area contributed by atoms with Gasteiger partial charge in [-0.15, -0.1) is 0 Å². The SMILES string of the molecule is COC(=O)CCN1C(=O)NCC1C1(c2ccc(C(=N)N)cc2)CCCCC1. The zero-order valence-corrected chi connectivity index (χ0v) is 15.8. The second kappa shape index (κ2) is 7.98. The maximum Gasteiger partial charge on any atom is 0.317 e. The highest BCUT2D eigenvalue weighted by Crippen LogP contribution is 2.45. The average molecular weight is 372 g/mol. The van der Waals surface area contributed by atoms with Gasteiger partial charge in [0.1, 0.15) is 5.84 Å². The molecule has 146 valence electrons. The van der Waals surface area contributed by atoms with E-state index in [2.05, 4.69) is 5.32 Å². The molecule has 1 aromatic rings. The zero-order valence-electron chi connectivity index (χ0n) is 15.8. The van der Waals surface area contributed by atoms with Gasteiger partial charge in [-0.25, -0.2) is 4.79 Å². The fourth-order valence-electron chi connectivity index (χ4n) is 4.58. The minimum absolute atomic E-state index is 0.00173. The van der Waals surface area contributed by atoms with E-state index >= 15 is 0 Å². The molecule has 1 aliphatic carbocycles. The van der Waals surface area contributed by atoms with Crippen LogP contribution in [-0.4, -0.2) is 49.0 Å². The van der Waals surface area contributed by atoms with Crippen molar-refractivity contribution in [2.45, 2.75) is 50.0 Å². The van der Waals surface area contributed by atoms with Crippen LogP contribution in [0.4, 0.5) is 4.79 Å². The number of carbonyl (C=O) groups is 2. The normalized spacial score (nSPS) is 21.6. The Morgan fingerprint density at radius 1 is 1.30 bits per heavy atom. The van der Waals surface area contributed by atoms with Crippen LogP contribution in [0.1, 0.15) is 49.7 Å². The van der Waals surface area contributed by atoms with Crippen molar-refractivity contribution in [3.63, 3.8) is 0 Å². The predicted molar refractivity (Wildman–Crippen MR) is 103 cm³/mol. The van der Waals surface area contributed by atoms with Crippen LogP contribution in [0.5, 0.6) is 0 Å². The van der Waals surface area contributed by atoms with Gasteiger partial charge in [-0.3, -0.25) is 10.2 Å². The summed E-state index contributed by atoms with van der Waals surface area (Å²) in [5.41, 5.74) is 7.32. The molecule has 0 aromatic heterocycles. The van der Waals surface area contributed by atoms with E-state index in [0.717, 1.165) is 25.7 Å². The molecular formula is C20H28N4O3. The lowest BCUT2D eigenvalue weighted by molar-refractivity contribution is -0.140. The summed E-state index contributed by atoms with van der Waals surface area (Å²) in [5, 5.41) is 10.6. The second-order valence-corrected chi connectivity index (χ2v) is 7.43. The second-order valence-electron chi connectivity index (χ2n) is 7.43. The lowest BCUT2D eigenvalue weighted by Gasteiger charge is -2.45. The summed E-state index contributed by atoms with van der Waals surface area (Å²) in [6.45, 7) is 0.935. The minimum Gasteiger partial charge on any atom is -0.469 e. The van der Waals surface area contributed by atoms with Gasteiger partial charge in [0, 0.05) is 24.1 Å². The molecule has 1 saturated heterocycles. The van der Waals surface area contributed by atoms with Gasteiger partial charge in [-0.1, -0.05) is 43.5 Å². The Hall–Kier alpha value is -2.57. The quantitative estimate of drug-likeness (QED) is 0.404. The van der Waals surface area contributed by atoms with Crippen LogP contribution >= 0.6 is 0 Å². The highest BCUT2D eigenvalue weighted by atomic mass is 16.5. The first-order chi connectivity index (χ1) is 13.0. The number of methoxy groups -OCH3 is 1. The summed E-state index contributed by atoms with van der Waals surface area (Å²) in [5.74, 6) is -0.256. The number of carbonyl (C=O) groups excluding carboxylic acids is 2. The van der Waals surface area contributed by atoms with Gasteiger partial charge in [0.25, 0.3) is 0 Å². The molecule has 1 aromatic carbocycles. The Kier molecular flexibility index (Phi) is 5.68. The fraction of sp³-hybridized carbons (Fsp3) is 0.550. The standard InChI is InChI=1S/C20H28N4O3/c1-27-17(25)9-12-24-16(13-23-19(24)26)20(10-3-2-4-11-20)15-7-5-14(6-8-15)18(21)22/h5-8,16H,2-4,9-13H2,1H3,(H3,21,22)(H,23,26). The number of nitrogens with zero attached hydrogens (tertiary/aromatic N) is 1. The molecule has 2 amide bonds. The average Bonchev–Trinajstić information content (AvgIpc) is 3.07. The molecule has 4 N–H and O–H groups in total. The van der Waals surface area contributed by atoms with Crippen LogP contribution in [0.2, 0.25) is 0 Å². The Morgan fingerprint density at radius 2 is 1.96 bits per heavy atom. The third kappa shape index (κ3) is 3.77. The summed E-state index contributed by atoms with van der Waals surface area (Å²) >= 11 is 0. The van der Waals surface area contributed by atoms with Crippen molar-refractivity contribution in [1.82, 2.24) is 10.2 Å². The Morgan fingerprint density at radius 3 is 2.56 bits per heavy atom. The molecule has 1 unspecified atom stereocenters. The topological polar surface area (TPSA) is 109 Å². The number of benzene rings is 1. The number of esters is 1. The monoisotopic (exact) mass is 372 g/mol. The van der Waals surface area contributed by atoms with E-state index in [1.165, 1.54) is 19.1 Å². The van der Waals surface area contributed by atoms with E-state index < -0.39 is 0 Å². The number of urea groups is 1. The number of amides is 2. The molecule has 1 atom stereocenters. The Balaban J connectivity index is 1.91. The number of nitrogen functional groups attached to an aromatic ring is 1. The van der Waals surface area contributed by atoms with Gasteiger partial charge < -0.3 is 20.7 Å². The summed E-state index contributed by atoms with van der Waals surface area (Å²) in [6, 6.07) is 7.74. The molecule has 0 radical (unpaired) electrons. The molecule has 3 rings (SSSR count). The molecule has 0 bridgehead atoms. The maximum absolute atomic E-state index is 12.5. The molecule has 1 saturated carbocycles. The van der Waals surface area contributed by atoms with Crippen molar-refractivity contribution >= 4 is 17.8 Å². The lowest BCUT2D eigenvalue weighted by Crippen LogP contribution is -2.51. The first kappa shape index (κ1) is 19.2. The van der Waals surface area contributed by atoms with E-state index in [1.54, 1.807) is 4.90 Å². The molecule has 2 aliphatic rings. The largest absolute Gasteiger partial charge is 0.469 e. The van der Waals surface area contributed by atoms with Gasteiger partial charge in [0.2, 0.25) is 0 Å². The molecule has 0 spiro atoms. The van der Waals surface area contributed by atoms with Crippen molar-refractivity contribution in [3.8, 4) is 0 Å². The van der Waals surface area contributed by atoms with E-state index in [9.17, 15) is 9.59 Å². The van der Waals surface area contributed by atoms with Crippen LogP contribution in [-0.2, 0) is 14.9 Å². The number of amidine groups is 1. The van der Waals surface area contributed by atoms with E-state index in [-0.39, 0.29) is 35.7 Å². The summed E-state index contributed by atoms with van der Waals surface area (Å²) in [7, 11) is 1.36. The summed E-state index contributed by atoms with van der Waals surface area (Å²) in [6.07, 6.45) is 5.62. The van der Waals surface area contributed by atoms with Gasteiger partial charge in [0.05, 0.1) is 19.6 Å². The van der Waals surface area contributed by atoms with Crippen molar-refractivity contribution in [1.29, 1.82) is 5.41 Å². The van der Waals surface area contributed by atoms with Crippen LogP contribution in [0.3, 0.4) is 0 Å². The smallest absolute Gasteiger partial charge is 0.317 e. The predicted octanol–water partition coefficient (Wildman–Crippen LogP) is 2.13. The molecule has 27 heavy (non-hydrogen) atoms. The number of nitrogens with one attached hydrogen (secondary N) is 2. The van der Waals surface area contributed by atoms with E-state index in [0.29, 0.717) is 18.7 Å². The highest BCUT2D eigenvalue weighted by molar-refractivity contribution is 5.94. The van der Waals surface area contributed by atoms with Crippen molar-refractivity contribution < 1.29 is 14.3 Å². The van der Waals surface area contributed by atoms with Crippen LogP contribution in [0.15, 0.2) is 24.3 Å². The van der Waals surface area contributed by atoms with Crippen molar-refractivity contribution in [3.05, 3.63) is 35.4 Å². The van der Waals surface area contributed by atoms with E-state index in [1.807, 2.05) is 24.3 Å². The number of rotatable bonds is 6. The van der Waals surface area contributed by atoms with E-state index in [4.69, 9.17) is 15.9 Å². The van der Waals surface area contributed by atoms with Crippen molar-refractivity contribution in [2.75, 3.05) is 20.2 Å². The molecular weight excluding hydrogens is 344 g/mol. The van der Waals surface area contributed by atoms with Gasteiger partial charge in [-0.2, -0.15) is 0 Å². The minimum atomic E-state index is -0.308. The third-order valence-electron chi connectivity index (χ3n) is 6.02. The molecule has 2 fully saturated rings. The fourth-order valence-corrected chi connectivity index (χ4v) is 4.58. The number of ether oxygens (including phenoxy) is 1. The van der Waals surface area contributed by atoms with Crippen molar-refractivity contribution in [2.24, 2.45) is 5.73 Å². The first-order valence-electron chi connectivity index (χ1n) is 9.54. The van der Waals surface area contributed by atoms with Crippen LogP contribution in [0.25, 0.3) is 0 Å². The van der Waals surface area contributed by atoms with Gasteiger partial charge in [-0.05, 0) is 18.4 Å². The lowest BCUT2D eigenvalue weighted by atomic mass is 9.64. The first-order valence-corrected chi connectivity index (χ1v) is 9.54. The van der Waals surface area contributed by atoms with Crippen LogP contribution < -0.4 is 11.1 Å². The Labute approximate surface area is 159 Å². The third-order valence-corrected chi connectivity index (χ3v) is 6.02. The molecule has 1 aliphatic heterocycles. The number of nitrogens with two attached hydrogens (primary N) is 1. The van der Waals surface area contributed by atoms with Gasteiger partial charge >= 0.3 is 12.0 Å². The number of hydrogen-bond acceptors (Lipinski definition) is 4. The zero-order chi connectivity index (χ0) is 19.4. The number of hydrogen-bond donors (Lipinski definition) is 3.